The predicted molar refractivity (Wildman–Crippen MR) is 95.6 cm³/mol. The van der Waals surface area contributed by atoms with E-state index in [1.165, 1.54) is 0 Å². The third kappa shape index (κ3) is 10.6. The van der Waals surface area contributed by atoms with Gasteiger partial charge in [0.1, 0.15) is 0 Å². The first-order chi connectivity index (χ1) is 10.6. The van der Waals surface area contributed by atoms with E-state index in [1.807, 2.05) is 88.4 Å². The van der Waals surface area contributed by atoms with Crippen LogP contribution in [0.15, 0.2) is 60.7 Å². The van der Waals surface area contributed by atoms with Gasteiger partial charge in [0.05, 0.1) is 0 Å². The lowest BCUT2D eigenvalue weighted by Gasteiger charge is -1.89. The Balaban J connectivity index is 0. The van der Waals surface area contributed by atoms with Gasteiger partial charge < -0.3 is 0 Å². The molecule has 0 radical (unpaired) electrons. The second-order valence-corrected chi connectivity index (χ2v) is 3.84. The molecule has 2 aromatic rings. The van der Waals surface area contributed by atoms with Crippen molar-refractivity contribution < 1.29 is 9.59 Å². The van der Waals surface area contributed by atoms with Gasteiger partial charge in [-0.15, -0.1) is 0 Å². The average molecular weight is 300 g/mol. The highest BCUT2D eigenvalue weighted by atomic mass is 16.1. The van der Waals surface area contributed by atoms with Crippen LogP contribution < -0.4 is 0 Å². The first-order valence-electron chi connectivity index (χ1n) is 7.73. The lowest BCUT2D eigenvalue weighted by molar-refractivity contribution is 0.100. The summed E-state index contributed by atoms with van der Waals surface area (Å²) < 4.78 is 0. The Bertz CT molecular complexity index is 452. The molecule has 0 atom stereocenters. The van der Waals surface area contributed by atoms with Gasteiger partial charge in [0, 0.05) is 11.1 Å². The summed E-state index contributed by atoms with van der Waals surface area (Å²) in [5.74, 6) is 0.242. The van der Waals surface area contributed by atoms with E-state index in [4.69, 9.17) is 0 Å². The van der Waals surface area contributed by atoms with Gasteiger partial charge in [0.25, 0.3) is 0 Å². The minimum absolute atomic E-state index is 0.121. The Hall–Kier alpha value is -2.22. The average Bonchev–Trinajstić information content (AvgIpc) is 2.60. The first kappa shape index (κ1) is 22.1. The Morgan fingerprint density at radius 1 is 0.545 bits per heavy atom. The molecule has 0 aliphatic rings. The van der Waals surface area contributed by atoms with Gasteiger partial charge in [-0.3, -0.25) is 9.59 Å². The number of carbonyl (C=O) groups excluding carboxylic acids is 2. The summed E-state index contributed by atoms with van der Waals surface area (Å²) in [4.78, 5) is 21.3. The molecule has 0 aromatic heterocycles. The molecule has 0 unspecified atom stereocenters. The lowest BCUT2D eigenvalue weighted by atomic mass is 10.2. The van der Waals surface area contributed by atoms with E-state index in [0.29, 0.717) is 0 Å². The Labute approximate surface area is 135 Å². The highest BCUT2D eigenvalue weighted by Gasteiger charge is 1.93. The fourth-order valence-electron chi connectivity index (χ4n) is 1.35. The molecule has 0 aliphatic heterocycles. The molecule has 120 valence electrons. The number of hydrogen-bond acceptors (Lipinski definition) is 2. The van der Waals surface area contributed by atoms with Crippen molar-refractivity contribution in [1.29, 1.82) is 0 Å². The molecule has 0 fully saturated rings. The molecule has 0 heterocycles. The van der Waals surface area contributed by atoms with Gasteiger partial charge in [-0.2, -0.15) is 0 Å². The van der Waals surface area contributed by atoms with Crippen LogP contribution in [0.1, 0.15) is 62.3 Å². The molecule has 0 aliphatic carbocycles. The van der Waals surface area contributed by atoms with Crippen molar-refractivity contribution in [2.45, 2.75) is 41.5 Å². The molecule has 0 saturated heterocycles. The predicted octanol–water partition coefficient (Wildman–Crippen LogP) is 5.83. The topological polar surface area (TPSA) is 34.1 Å². The summed E-state index contributed by atoms with van der Waals surface area (Å²) in [6.45, 7) is 11.1. The normalized spacial score (nSPS) is 7.91. The SMILES string of the molecule is CC.CC.CC(=O)c1ccccc1.CC(=O)c1ccccc1. The van der Waals surface area contributed by atoms with Gasteiger partial charge in [0.15, 0.2) is 11.6 Å². The molecule has 0 spiro atoms. The van der Waals surface area contributed by atoms with E-state index in [9.17, 15) is 9.59 Å². The molecule has 0 amide bonds. The van der Waals surface area contributed by atoms with E-state index in [-0.39, 0.29) is 11.6 Å². The van der Waals surface area contributed by atoms with Gasteiger partial charge in [-0.25, -0.2) is 0 Å². The molecule has 2 rings (SSSR count). The van der Waals surface area contributed by atoms with Crippen molar-refractivity contribution >= 4 is 11.6 Å². The Kier molecular flexibility index (Phi) is 15.2. The number of benzene rings is 2. The van der Waals surface area contributed by atoms with Crippen LogP contribution in [0.4, 0.5) is 0 Å². The van der Waals surface area contributed by atoms with Gasteiger partial charge in [-0.05, 0) is 13.8 Å². The maximum atomic E-state index is 10.6. The fraction of sp³-hybridized carbons (Fsp3) is 0.300. The van der Waals surface area contributed by atoms with E-state index in [2.05, 4.69) is 0 Å². The maximum absolute atomic E-state index is 10.6. The van der Waals surface area contributed by atoms with Crippen molar-refractivity contribution in [3.8, 4) is 0 Å². The highest BCUT2D eigenvalue weighted by molar-refractivity contribution is 5.94. The third-order valence-corrected chi connectivity index (χ3v) is 2.36. The van der Waals surface area contributed by atoms with E-state index in [0.717, 1.165) is 11.1 Å². The summed E-state index contributed by atoms with van der Waals surface area (Å²) in [5.41, 5.74) is 1.55. The molecule has 0 N–H and O–H groups in total. The molecule has 22 heavy (non-hydrogen) atoms. The molecule has 2 aromatic carbocycles. The maximum Gasteiger partial charge on any atom is 0.159 e. The van der Waals surface area contributed by atoms with Crippen LogP contribution in [0.25, 0.3) is 0 Å². The number of carbonyl (C=O) groups is 2. The second kappa shape index (κ2) is 15.2. The third-order valence-electron chi connectivity index (χ3n) is 2.36. The Morgan fingerprint density at radius 2 is 0.773 bits per heavy atom. The van der Waals surface area contributed by atoms with Crippen LogP contribution in [0.3, 0.4) is 0 Å². The van der Waals surface area contributed by atoms with Crippen molar-refractivity contribution in [2.75, 3.05) is 0 Å². The van der Waals surface area contributed by atoms with Crippen molar-refractivity contribution in [2.24, 2.45) is 0 Å². The van der Waals surface area contributed by atoms with Crippen LogP contribution >= 0.6 is 0 Å². The smallest absolute Gasteiger partial charge is 0.159 e. The van der Waals surface area contributed by atoms with Gasteiger partial charge in [-0.1, -0.05) is 88.4 Å². The summed E-state index contributed by atoms with van der Waals surface area (Å²) in [5, 5.41) is 0. The Morgan fingerprint density at radius 3 is 0.909 bits per heavy atom. The van der Waals surface area contributed by atoms with E-state index in [1.54, 1.807) is 13.8 Å². The molecule has 0 bridgehead atoms. The van der Waals surface area contributed by atoms with Crippen LogP contribution in [0, 0.1) is 0 Å². The summed E-state index contributed by atoms with van der Waals surface area (Å²) in [6.07, 6.45) is 0. The summed E-state index contributed by atoms with van der Waals surface area (Å²) in [7, 11) is 0. The summed E-state index contributed by atoms with van der Waals surface area (Å²) in [6, 6.07) is 18.5. The summed E-state index contributed by atoms with van der Waals surface area (Å²) >= 11 is 0. The monoisotopic (exact) mass is 300 g/mol. The minimum atomic E-state index is 0.121. The first-order valence-corrected chi connectivity index (χ1v) is 7.73. The van der Waals surface area contributed by atoms with Crippen LogP contribution in [-0.2, 0) is 0 Å². The second-order valence-electron chi connectivity index (χ2n) is 3.84. The zero-order valence-corrected chi connectivity index (χ0v) is 14.6. The quantitative estimate of drug-likeness (QED) is 0.654. The number of Topliss-reactive ketones (excluding diaryl/α,β-unsaturated/α-hetero) is 2. The number of hydrogen-bond donors (Lipinski definition) is 0. The van der Waals surface area contributed by atoms with E-state index < -0.39 is 0 Å². The van der Waals surface area contributed by atoms with Crippen molar-refractivity contribution in [3.63, 3.8) is 0 Å². The molecule has 2 heteroatoms. The minimum Gasteiger partial charge on any atom is -0.295 e. The van der Waals surface area contributed by atoms with Gasteiger partial charge >= 0.3 is 0 Å². The lowest BCUT2D eigenvalue weighted by Crippen LogP contribution is -1.88. The van der Waals surface area contributed by atoms with E-state index >= 15 is 0 Å². The fourth-order valence-corrected chi connectivity index (χ4v) is 1.35. The molecule has 0 saturated carbocycles. The highest BCUT2D eigenvalue weighted by Crippen LogP contribution is 1.98. The molecular formula is C20H28O2. The zero-order valence-electron chi connectivity index (χ0n) is 14.6. The van der Waals surface area contributed by atoms with Crippen LogP contribution in [0.5, 0.6) is 0 Å². The number of ketones is 2. The van der Waals surface area contributed by atoms with Crippen molar-refractivity contribution in [1.82, 2.24) is 0 Å². The zero-order chi connectivity index (χ0) is 17.4. The molecular weight excluding hydrogens is 272 g/mol. The standard InChI is InChI=1S/2C8H8O.2C2H6/c2*1-7(9)8-5-3-2-4-6-8;2*1-2/h2*2-6H,1H3;2*1-2H3. The van der Waals surface area contributed by atoms with Gasteiger partial charge in [0.2, 0.25) is 0 Å². The largest absolute Gasteiger partial charge is 0.295 e. The van der Waals surface area contributed by atoms with Crippen molar-refractivity contribution in [3.05, 3.63) is 71.8 Å². The number of rotatable bonds is 2. The van der Waals surface area contributed by atoms with Crippen LogP contribution in [-0.4, -0.2) is 11.6 Å². The van der Waals surface area contributed by atoms with Crippen LogP contribution in [0.2, 0.25) is 0 Å². The molecule has 2 nitrogen and oxygen atoms in total.